The lowest BCUT2D eigenvalue weighted by molar-refractivity contribution is 0.0644. The van der Waals surface area contributed by atoms with E-state index >= 15 is 0 Å². The van der Waals surface area contributed by atoms with Crippen LogP contribution in [0.25, 0.3) is 0 Å². The first-order valence-corrected chi connectivity index (χ1v) is 9.14. The summed E-state index contributed by atoms with van der Waals surface area (Å²) in [5, 5.41) is 0. The highest BCUT2D eigenvalue weighted by Crippen LogP contribution is 2.29. The quantitative estimate of drug-likeness (QED) is 0.725. The van der Waals surface area contributed by atoms with Gasteiger partial charge in [0.2, 0.25) is 0 Å². The number of ether oxygens (including phenoxy) is 2. The van der Waals surface area contributed by atoms with Crippen molar-refractivity contribution in [2.45, 2.75) is 26.3 Å². The van der Waals surface area contributed by atoms with Crippen molar-refractivity contribution in [2.75, 3.05) is 19.8 Å². The van der Waals surface area contributed by atoms with Gasteiger partial charge in [-0.25, -0.2) is 0 Å². The number of hydrogen-bond donors (Lipinski definition) is 1. The molecule has 2 N–H and O–H groups in total. The zero-order valence-electron chi connectivity index (χ0n) is 15.6. The van der Waals surface area contributed by atoms with E-state index in [1.807, 2.05) is 32.0 Å². The van der Waals surface area contributed by atoms with Crippen molar-refractivity contribution in [2.24, 2.45) is 5.73 Å². The number of benzene rings is 2. The Morgan fingerprint density at radius 1 is 0.926 bits per heavy atom. The van der Waals surface area contributed by atoms with E-state index in [4.69, 9.17) is 15.2 Å². The number of carbonyl (C=O) groups is 2. The molecular weight excluding hydrogens is 344 g/mol. The number of rotatable bonds is 8. The minimum atomic E-state index is -0.375. The van der Waals surface area contributed by atoms with Crippen molar-refractivity contribution < 1.29 is 19.1 Å². The van der Waals surface area contributed by atoms with Gasteiger partial charge in [-0.15, -0.1) is 0 Å². The first-order valence-electron chi connectivity index (χ1n) is 9.14. The van der Waals surface area contributed by atoms with Gasteiger partial charge in [-0.2, -0.15) is 0 Å². The molecule has 6 heteroatoms. The van der Waals surface area contributed by atoms with Crippen LogP contribution in [0.1, 0.15) is 40.1 Å². The van der Waals surface area contributed by atoms with E-state index < -0.39 is 0 Å². The Bertz CT molecular complexity index is 815. The van der Waals surface area contributed by atoms with Crippen LogP contribution in [0, 0.1) is 0 Å². The first-order chi connectivity index (χ1) is 13.0. The molecule has 0 radical (unpaired) electrons. The van der Waals surface area contributed by atoms with E-state index in [2.05, 4.69) is 0 Å². The van der Waals surface area contributed by atoms with Gasteiger partial charge in [-0.3, -0.25) is 14.5 Å². The summed E-state index contributed by atoms with van der Waals surface area (Å²) in [5.41, 5.74) is 8.09. The van der Waals surface area contributed by atoms with Crippen molar-refractivity contribution in [1.29, 1.82) is 0 Å². The minimum absolute atomic E-state index is 0.170. The third-order valence-electron chi connectivity index (χ3n) is 4.40. The van der Waals surface area contributed by atoms with Crippen LogP contribution in [-0.2, 0) is 6.42 Å². The molecule has 0 spiro atoms. The Morgan fingerprint density at radius 3 is 2.11 bits per heavy atom. The number of nitrogens with zero attached hydrogens (tertiary/aromatic N) is 1. The predicted octanol–water partition coefficient (Wildman–Crippen LogP) is 2.65. The summed E-state index contributed by atoms with van der Waals surface area (Å²) in [5.74, 6) is 0.794. The second-order valence-electron chi connectivity index (χ2n) is 6.38. The molecule has 0 saturated carbocycles. The third kappa shape index (κ3) is 3.95. The van der Waals surface area contributed by atoms with Crippen LogP contribution in [0.3, 0.4) is 0 Å². The fourth-order valence-electron chi connectivity index (χ4n) is 3.23. The van der Waals surface area contributed by atoms with Crippen molar-refractivity contribution in [3.05, 3.63) is 59.2 Å². The number of imide groups is 1. The molecule has 1 atom stereocenters. The van der Waals surface area contributed by atoms with Gasteiger partial charge in [0.25, 0.3) is 11.8 Å². The lowest BCUT2D eigenvalue weighted by atomic mass is 10.1. The van der Waals surface area contributed by atoms with Gasteiger partial charge in [-0.1, -0.05) is 18.2 Å². The molecule has 6 nitrogen and oxygen atoms in total. The topological polar surface area (TPSA) is 81.9 Å². The van der Waals surface area contributed by atoms with Crippen LogP contribution < -0.4 is 15.2 Å². The Hall–Kier alpha value is -2.86. The molecule has 1 unspecified atom stereocenters. The maximum Gasteiger partial charge on any atom is 0.261 e. The Kier molecular flexibility index (Phi) is 5.76. The van der Waals surface area contributed by atoms with Gasteiger partial charge in [0.05, 0.1) is 24.3 Å². The van der Waals surface area contributed by atoms with Crippen LogP contribution in [0.4, 0.5) is 0 Å². The van der Waals surface area contributed by atoms with Crippen LogP contribution in [-0.4, -0.2) is 42.5 Å². The lowest BCUT2D eigenvalue weighted by Crippen LogP contribution is -2.41. The van der Waals surface area contributed by atoms with Crippen molar-refractivity contribution in [3.63, 3.8) is 0 Å². The molecule has 1 aliphatic heterocycles. The molecule has 2 aromatic rings. The van der Waals surface area contributed by atoms with Gasteiger partial charge < -0.3 is 15.2 Å². The highest BCUT2D eigenvalue weighted by molar-refractivity contribution is 6.21. The van der Waals surface area contributed by atoms with Gasteiger partial charge in [0, 0.05) is 12.6 Å². The van der Waals surface area contributed by atoms with E-state index in [1.165, 1.54) is 4.90 Å². The second kappa shape index (κ2) is 8.22. The average molecular weight is 368 g/mol. The van der Waals surface area contributed by atoms with Crippen LogP contribution in [0.5, 0.6) is 11.5 Å². The first kappa shape index (κ1) is 18.9. The van der Waals surface area contributed by atoms with Gasteiger partial charge in [-0.05, 0) is 50.1 Å². The average Bonchev–Trinajstić information content (AvgIpc) is 2.89. The summed E-state index contributed by atoms with van der Waals surface area (Å²) >= 11 is 0. The zero-order valence-corrected chi connectivity index (χ0v) is 15.6. The van der Waals surface area contributed by atoms with E-state index in [9.17, 15) is 9.59 Å². The third-order valence-corrected chi connectivity index (χ3v) is 4.40. The van der Waals surface area contributed by atoms with Crippen LogP contribution in [0.2, 0.25) is 0 Å². The summed E-state index contributed by atoms with van der Waals surface area (Å²) in [4.78, 5) is 26.2. The zero-order chi connectivity index (χ0) is 19.4. The monoisotopic (exact) mass is 368 g/mol. The fraction of sp³-hybridized carbons (Fsp3) is 0.333. The standard InChI is InChI=1S/C21H24N2O4/c1-3-26-18-10-9-14(12-19(18)27-4-2)11-15(22)13-23-20(24)16-7-5-6-8-17(16)21(23)25/h5-10,12,15H,3-4,11,13,22H2,1-2H3. The molecule has 142 valence electrons. The molecule has 0 fully saturated rings. The van der Waals surface area contributed by atoms with E-state index in [1.54, 1.807) is 24.3 Å². The SMILES string of the molecule is CCOc1ccc(CC(N)CN2C(=O)c3ccccc3C2=O)cc1OCC. The predicted molar refractivity (Wildman–Crippen MR) is 102 cm³/mol. The lowest BCUT2D eigenvalue weighted by Gasteiger charge is -2.20. The normalized spacial score (nSPS) is 14.3. The van der Waals surface area contributed by atoms with Crippen molar-refractivity contribution in [3.8, 4) is 11.5 Å². The molecule has 3 rings (SSSR count). The Balaban J connectivity index is 1.69. The highest BCUT2D eigenvalue weighted by Gasteiger charge is 2.35. The summed E-state index contributed by atoms with van der Waals surface area (Å²) in [6, 6.07) is 12.2. The van der Waals surface area contributed by atoms with Gasteiger partial charge in [0.15, 0.2) is 11.5 Å². The van der Waals surface area contributed by atoms with Gasteiger partial charge >= 0.3 is 0 Å². The van der Waals surface area contributed by atoms with Crippen molar-refractivity contribution >= 4 is 11.8 Å². The number of nitrogens with two attached hydrogens (primary N) is 1. The molecule has 1 heterocycles. The number of amides is 2. The summed E-state index contributed by atoms with van der Waals surface area (Å²) < 4.78 is 11.2. The molecular formula is C21H24N2O4. The Morgan fingerprint density at radius 2 is 1.52 bits per heavy atom. The van der Waals surface area contributed by atoms with E-state index in [0.29, 0.717) is 42.3 Å². The smallest absolute Gasteiger partial charge is 0.261 e. The molecule has 2 amide bonds. The molecule has 1 aliphatic rings. The number of fused-ring (bicyclic) bond motifs is 1. The maximum absolute atomic E-state index is 12.5. The maximum atomic E-state index is 12.5. The molecule has 2 aromatic carbocycles. The summed E-state index contributed by atoms with van der Waals surface area (Å²) in [7, 11) is 0. The molecule has 0 aromatic heterocycles. The van der Waals surface area contributed by atoms with Crippen molar-refractivity contribution in [1.82, 2.24) is 4.90 Å². The van der Waals surface area contributed by atoms with Crippen LogP contribution >= 0.6 is 0 Å². The number of carbonyl (C=O) groups excluding carboxylic acids is 2. The number of hydrogen-bond acceptors (Lipinski definition) is 5. The molecule has 27 heavy (non-hydrogen) atoms. The van der Waals surface area contributed by atoms with E-state index in [-0.39, 0.29) is 24.4 Å². The highest BCUT2D eigenvalue weighted by atomic mass is 16.5. The summed E-state index contributed by atoms with van der Waals surface area (Å²) in [6.45, 7) is 5.09. The van der Waals surface area contributed by atoms with Gasteiger partial charge in [0.1, 0.15) is 0 Å². The fourth-order valence-corrected chi connectivity index (χ4v) is 3.23. The van der Waals surface area contributed by atoms with Crippen LogP contribution in [0.15, 0.2) is 42.5 Å². The minimum Gasteiger partial charge on any atom is -0.490 e. The van der Waals surface area contributed by atoms with E-state index in [0.717, 1.165) is 5.56 Å². The molecule has 0 bridgehead atoms. The molecule has 0 saturated heterocycles. The molecule has 0 aliphatic carbocycles. The summed E-state index contributed by atoms with van der Waals surface area (Å²) in [6.07, 6.45) is 0.514. The largest absolute Gasteiger partial charge is 0.490 e. The second-order valence-corrected chi connectivity index (χ2v) is 6.38. The Labute approximate surface area is 158 Å².